The molecular weight excluding hydrogens is 384 g/mol. The second-order valence-electron chi connectivity index (χ2n) is 4.37. The van der Waals surface area contributed by atoms with E-state index in [9.17, 15) is 4.39 Å². The van der Waals surface area contributed by atoms with Crippen LogP contribution < -0.4 is 4.74 Å². The molecular formula is C16H11FINO2. The molecule has 0 atom stereocenters. The summed E-state index contributed by atoms with van der Waals surface area (Å²) >= 11 is 2.21. The third-order valence-electron chi connectivity index (χ3n) is 2.84. The molecule has 0 saturated carbocycles. The topological polar surface area (TPSA) is 35.3 Å². The zero-order valence-electron chi connectivity index (χ0n) is 10.9. The molecule has 0 fully saturated rings. The Bertz CT molecular complexity index is 757. The van der Waals surface area contributed by atoms with Crippen molar-refractivity contribution in [3.05, 3.63) is 69.9 Å². The van der Waals surface area contributed by atoms with E-state index in [1.165, 1.54) is 18.4 Å². The maximum Gasteiger partial charge on any atom is 0.226 e. The lowest BCUT2D eigenvalue weighted by Gasteiger charge is -2.05. The first-order valence-corrected chi connectivity index (χ1v) is 7.38. The van der Waals surface area contributed by atoms with Crippen molar-refractivity contribution in [1.82, 2.24) is 4.98 Å². The van der Waals surface area contributed by atoms with Gasteiger partial charge >= 0.3 is 0 Å². The number of benzene rings is 2. The average molecular weight is 395 g/mol. The molecule has 0 spiro atoms. The van der Waals surface area contributed by atoms with E-state index in [1.807, 2.05) is 24.3 Å². The highest BCUT2D eigenvalue weighted by Crippen LogP contribution is 2.22. The van der Waals surface area contributed by atoms with Gasteiger partial charge in [-0.3, -0.25) is 0 Å². The fourth-order valence-corrected chi connectivity index (χ4v) is 2.38. The lowest BCUT2D eigenvalue weighted by atomic mass is 10.2. The fourth-order valence-electron chi connectivity index (χ4n) is 1.84. The first-order valence-electron chi connectivity index (χ1n) is 6.30. The minimum Gasteiger partial charge on any atom is -0.486 e. The lowest BCUT2D eigenvalue weighted by Crippen LogP contribution is -1.97. The normalized spacial score (nSPS) is 10.6. The van der Waals surface area contributed by atoms with Gasteiger partial charge < -0.3 is 9.15 Å². The van der Waals surface area contributed by atoms with E-state index in [0.29, 0.717) is 23.8 Å². The zero-order valence-corrected chi connectivity index (χ0v) is 13.1. The van der Waals surface area contributed by atoms with Gasteiger partial charge in [-0.1, -0.05) is 18.2 Å². The zero-order chi connectivity index (χ0) is 14.7. The van der Waals surface area contributed by atoms with Crippen molar-refractivity contribution in [2.24, 2.45) is 0 Å². The maximum absolute atomic E-state index is 13.2. The standard InChI is InChI=1S/C16H11FINO2/c17-12-5-3-4-11(8-12)16-19-13(10-21-16)9-20-15-7-2-1-6-14(15)18/h1-8,10H,9H2. The van der Waals surface area contributed by atoms with Crippen LogP contribution in [-0.2, 0) is 6.61 Å². The monoisotopic (exact) mass is 395 g/mol. The number of para-hydroxylation sites is 1. The number of halogens is 2. The second kappa shape index (κ2) is 6.26. The van der Waals surface area contributed by atoms with Crippen LogP contribution in [0, 0.1) is 9.39 Å². The quantitative estimate of drug-likeness (QED) is 0.603. The van der Waals surface area contributed by atoms with E-state index in [0.717, 1.165) is 9.32 Å². The molecule has 0 unspecified atom stereocenters. The van der Waals surface area contributed by atoms with Crippen molar-refractivity contribution in [3.63, 3.8) is 0 Å². The van der Waals surface area contributed by atoms with Crippen LogP contribution in [0.25, 0.3) is 11.5 Å². The average Bonchev–Trinajstić information content (AvgIpc) is 2.95. The summed E-state index contributed by atoms with van der Waals surface area (Å²) in [5.74, 6) is 0.867. The van der Waals surface area contributed by atoms with Crippen molar-refractivity contribution in [3.8, 4) is 17.2 Å². The van der Waals surface area contributed by atoms with E-state index in [2.05, 4.69) is 27.6 Å². The molecule has 0 bridgehead atoms. The molecule has 0 aliphatic rings. The molecule has 0 amide bonds. The van der Waals surface area contributed by atoms with Crippen LogP contribution in [0.2, 0.25) is 0 Å². The van der Waals surface area contributed by atoms with Gasteiger partial charge in [0.2, 0.25) is 5.89 Å². The first-order chi connectivity index (χ1) is 10.2. The number of nitrogens with zero attached hydrogens (tertiary/aromatic N) is 1. The van der Waals surface area contributed by atoms with Crippen LogP contribution in [-0.4, -0.2) is 4.98 Å². The van der Waals surface area contributed by atoms with Gasteiger partial charge in [-0.05, 0) is 52.9 Å². The molecule has 5 heteroatoms. The molecule has 0 saturated heterocycles. The van der Waals surface area contributed by atoms with Crippen LogP contribution in [0.1, 0.15) is 5.69 Å². The Labute approximate surface area is 134 Å². The van der Waals surface area contributed by atoms with Gasteiger partial charge in [0, 0.05) is 5.56 Å². The molecule has 106 valence electrons. The van der Waals surface area contributed by atoms with Gasteiger partial charge in [0.15, 0.2) is 0 Å². The van der Waals surface area contributed by atoms with Crippen molar-refractivity contribution in [2.75, 3.05) is 0 Å². The Hall–Kier alpha value is -1.89. The fraction of sp³-hybridized carbons (Fsp3) is 0.0625. The maximum atomic E-state index is 13.2. The van der Waals surface area contributed by atoms with Crippen molar-refractivity contribution in [2.45, 2.75) is 6.61 Å². The summed E-state index contributed by atoms with van der Waals surface area (Å²) in [6.45, 7) is 0.304. The third kappa shape index (κ3) is 3.41. The van der Waals surface area contributed by atoms with Gasteiger partial charge in [0.25, 0.3) is 0 Å². The number of oxazole rings is 1. The Morgan fingerprint density at radius 3 is 2.81 bits per heavy atom. The molecule has 0 radical (unpaired) electrons. The molecule has 21 heavy (non-hydrogen) atoms. The largest absolute Gasteiger partial charge is 0.486 e. The van der Waals surface area contributed by atoms with Crippen LogP contribution in [0.15, 0.2) is 59.2 Å². The SMILES string of the molecule is Fc1cccc(-c2nc(COc3ccccc3I)co2)c1. The molecule has 0 aliphatic heterocycles. The summed E-state index contributed by atoms with van der Waals surface area (Å²) < 4.78 is 25.3. The summed E-state index contributed by atoms with van der Waals surface area (Å²) in [6.07, 6.45) is 1.52. The molecule has 1 aromatic heterocycles. The number of hydrogen-bond donors (Lipinski definition) is 0. The predicted octanol–water partition coefficient (Wildman–Crippen LogP) is 4.66. The van der Waals surface area contributed by atoms with E-state index < -0.39 is 0 Å². The summed E-state index contributed by atoms with van der Waals surface area (Å²) in [6, 6.07) is 13.9. The minimum atomic E-state index is -0.317. The molecule has 2 aromatic carbocycles. The first kappa shape index (κ1) is 14.1. The molecule has 1 heterocycles. The molecule has 0 aliphatic carbocycles. The summed E-state index contributed by atoms with van der Waals surface area (Å²) in [7, 11) is 0. The minimum absolute atomic E-state index is 0.304. The highest BCUT2D eigenvalue weighted by molar-refractivity contribution is 14.1. The van der Waals surface area contributed by atoms with E-state index >= 15 is 0 Å². The van der Waals surface area contributed by atoms with Crippen LogP contribution in [0.4, 0.5) is 4.39 Å². The van der Waals surface area contributed by atoms with Gasteiger partial charge in [-0.25, -0.2) is 9.37 Å². The Morgan fingerprint density at radius 2 is 2.00 bits per heavy atom. The third-order valence-corrected chi connectivity index (χ3v) is 3.73. The molecule has 0 N–H and O–H groups in total. The second-order valence-corrected chi connectivity index (χ2v) is 5.54. The predicted molar refractivity (Wildman–Crippen MR) is 85.4 cm³/mol. The van der Waals surface area contributed by atoms with Crippen LogP contribution in [0.5, 0.6) is 5.75 Å². The molecule has 3 nitrogen and oxygen atoms in total. The van der Waals surface area contributed by atoms with Gasteiger partial charge in [0.1, 0.15) is 30.1 Å². The van der Waals surface area contributed by atoms with Crippen LogP contribution in [0.3, 0.4) is 0 Å². The molecule has 3 aromatic rings. The van der Waals surface area contributed by atoms with E-state index in [4.69, 9.17) is 9.15 Å². The Kier molecular flexibility index (Phi) is 4.19. The highest BCUT2D eigenvalue weighted by Gasteiger charge is 2.08. The number of rotatable bonds is 4. The summed E-state index contributed by atoms with van der Waals surface area (Å²) in [5.41, 5.74) is 1.27. The summed E-state index contributed by atoms with van der Waals surface area (Å²) in [5, 5.41) is 0. The summed E-state index contributed by atoms with van der Waals surface area (Å²) in [4.78, 5) is 4.31. The Morgan fingerprint density at radius 1 is 1.14 bits per heavy atom. The van der Waals surface area contributed by atoms with Crippen LogP contribution >= 0.6 is 22.6 Å². The van der Waals surface area contributed by atoms with Gasteiger partial charge in [-0.15, -0.1) is 0 Å². The van der Waals surface area contributed by atoms with E-state index in [-0.39, 0.29) is 5.82 Å². The van der Waals surface area contributed by atoms with E-state index in [1.54, 1.807) is 12.1 Å². The smallest absolute Gasteiger partial charge is 0.226 e. The lowest BCUT2D eigenvalue weighted by molar-refractivity contribution is 0.299. The number of hydrogen-bond acceptors (Lipinski definition) is 3. The van der Waals surface area contributed by atoms with Gasteiger partial charge in [0.05, 0.1) is 3.57 Å². The number of aromatic nitrogens is 1. The molecule has 3 rings (SSSR count). The Balaban J connectivity index is 1.72. The van der Waals surface area contributed by atoms with Crippen molar-refractivity contribution < 1.29 is 13.5 Å². The highest BCUT2D eigenvalue weighted by atomic mass is 127. The van der Waals surface area contributed by atoms with Crippen molar-refractivity contribution in [1.29, 1.82) is 0 Å². The van der Waals surface area contributed by atoms with Crippen molar-refractivity contribution >= 4 is 22.6 Å². The number of ether oxygens (including phenoxy) is 1. The van der Waals surface area contributed by atoms with Gasteiger partial charge in [-0.2, -0.15) is 0 Å².